The highest BCUT2D eigenvalue weighted by Crippen LogP contribution is 2.06. The van der Waals surface area contributed by atoms with Gasteiger partial charge in [0, 0.05) is 6.42 Å². The van der Waals surface area contributed by atoms with E-state index in [-0.39, 0.29) is 18.8 Å². The molecule has 0 aliphatic heterocycles. The van der Waals surface area contributed by atoms with E-state index in [4.69, 9.17) is 17.2 Å². The summed E-state index contributed by atoms with van der Waals surface area (Å²) in [5, 5.41) is 25.1. The van der Waals surface area contributed by atoms with Crippen molar-refractivity contribution in [1.82, 2.24) is 16.0 Å². The number of nitrogens with one attached hydrogen (secondary N) is 3. The quantitative estimate of drug-likeness (QED) is 0.118. The molecule has 0 aliphatic rings. The Kier molecular flexibility index (Phi) is 12.5. The molecule has 0 rings (SSSR count). The third-order valence-corrected chi connectivity index (χ3v) is 4.71. The van der Waals surface area contributed by atoms with Crippen molar-refractivity contribution < 1.29 is 39.0 Å². The lowest BCUT2D eigenvalue weighted by molar-refractivity contribution is -0.142. The van der Waals surface area contributed by atoms with Gasteiger partial charge in [0.15, 0.2) is 0 Å². The van der Waals surface area contributed by atoms with Gasteiger partial charge in [0.25, 0.3) is 0 Å². The number of hydrogen-bond donors (Lipinski definition) is 8. The first-order valence-electron chi connectivity index (χ1n) is 9.90. The molecule has 0 aromatic carbocycles. The second-order valence-electron chi connectivity index (χ2n) is 7.29. The van der Waals surface area contributed by atoms with Crippen LogP contribution in [0.15, 0.2) is 0 Å². The molecule has 0 heterocycles. The van der Waals surface area contributed by atoms with E-state index in [2.05, 4.69) is 16.0 Å². The maximum Gasteiger partial charge on any atom is 0.326 e. The summed E-state index contributed by atoms with van der Waals surface area (Å²) in [5.41, 5.74) is 15.8. The van der Waals surface area contributed by atoms with Gasteiger partial charge in [0.2, 0.25) is 29.5 Å². The number of rotatable bonds is 15. The van der Waals surface area contributed by atoms with Gasteiger partial charge in [-0.2, -0.15) is 0 Å². The highest BCUT2D eigenvalue weighted by Gasteiger charge is 2.31. The fourth-order valence-corrected chi connectivity index (χ4v) is 2.47. The van der Waals surface area contributed by atoms with Gasteiger partial charge in [0.1, 0.15) is 18.1 Å². The van der Waals surface area contributed by atoms with Crippen LogP contribution in [0.5, 0.6) is 0 Å². The van der Waals surface area contributed by atoms with E-state index in [0.29, 0.717) is 6.42 Å². The van der Waals surface area contributed by atoms with Gasteiger partial charge in [-0.3, -0.25) is 24.0 Å². The summed E-state index contributed by atoms with van der Waals surface area (Å²) in [4.78, 5) is 70.6. The number of carboxylic acid groups (broad SMARTS) is 1. The average molecular weight is 460 g/mol. The summed E-state index contributed by atoms with van der Waals surface area (Å²) in [7, 11) is 0. The van der Waals surface area contributed by atoms with Crippen LogP contribution in [0.2, 0.25) is 0 Å². The summed E-state index contributed by atoms with van der Waals surface area (Å²) >= 11 is 0. The molecule has 0 radical (unpaired) electrons. The number of aliphatic hydroxyl groups excluding tert-OH is 1. The number of aliphatic carboxylic acids is 1. The second-order valence-corrected chi connectivity index (χ2v) is 7.29. The Balaban J connectivity index is 5.33. The van der Waals surface area contributed by atoms with Gasteiger partial charge in [-0.25, -0.2) is 4.79 Å². The zero-order chi connectivity index (χ0) is 25.0. The van der Waals surface area contributed by atoms with Crippen LogP contribution in [-0.4, -0.2) is 76.5 Å². The number of carboxylic acids is 1. The molecule has 0 aliphatic carbocycles. The van der Waals surface area contributed by atoms with Crippen molar-refractivity contribution in [1.29, 1.82) is 0 Å². The molecule has 14 nitrogen and oxygen atoms in total. The highest BCUT2D eigenvalue weighted by atomic mass is 16.4. The number of carbonyl (C=O) groups is 6. The van der Waals surface area contributed by atoms with Crippen molar-refractivity contribution in [3.63, 3.8) is 0 Å². The maximum atomic E-state index is 12.5. The van der Waals surface area contributed by atoms with E-state index in [9.17, 15) is 39.0 Å². The van der Waals surface area contributed by atoms with Gasteiger partial charge in [0.05, 0.1) is 19.1 Å². The Morgan fingerprint density at radius 1 is 0.844 bits per heavy atom. The Bertz CT molecular complexity index is 716. The van der Waals surface area contributed by atoms with Crippen molar-refractivity contribution >= 4 is 35.5 Å². The highest BCUT2D eigenvalue weighted by molar-refractivity contribution is 5.96. The molecular formula is C18H32N6O8. The molecule has 32 heavy (non-hydrogen) atoms. The topological polar surface area (TPSA) is 257 Å². The van der Waals surface area contributed by atoms with Crippen molar-refractivity contribution in [2.45, 2.75) is 63.7 Å². The largest absolute Gasteiger partial charge is 0.480 e. The molecule has 11 N–H and O–H groups in total. The summed E-state index contributed by atoms with van der Waals surface area (Å²) in [6.07, 6.45) is -0.764. The third kappa shape index (κ3) is 10.2. The van der Waals surface area contributed by atoms with Crippen LogP contribution >= 0.6 is 0 Å². The van der Waals surface area contributed by atoms with E-state index in [1.807, 2.05) is 6.92 Å². The molecule has 14 heteroatoms. The summed E-state index contributed by atoms with van der Waals surface area (Å²) < 4.78 is 0. The molecule has 0 bridgehead atoms. The molecule has 182 valence electrons. The summed E-state index contributed by atoms with van der Waals surface area (Å²) in [5.74, 6) is -6.26. The Morgan fingerprint density at radius 3 is 1.78 bits per heavy atom. The number of carbonyl (C=O) groups excluding carboxylic acids is 5. The van der Waals surface area contributed by atoms with Gasteiger partial charge in [-0.05, 0) is 12.3 Å². The first-order valence-corrected chi connectivity index (χ1v) is 9.90. The number of primary amides is 2. The zero-order valence-electron chi connectivity index (χ0n) is 18.0. The number of hydrogen-bond acceptors (Lipinski definition) is 8. The second kappa shape index (κ2) is 13.9. The van der Waals surface area contributed by atoms with E-state index >= 15 is 0 Å². The molecule has 0 saturated carbocycles. The van der Waals surface area contributed by atoms with E-state index in [1.165, 1.54) is 0 Å². The van der Waals surface area contributed by atoms with Crippen LogP contribution in [0.1, 0.15) is 39.5 Å². The van der Waals surface area contributed by atoms with Gasteiger partial charge in [-0.1, -0.05) is 20.3 Å². The van der Waals surface area contributed by atoms with Crippen LogP contribution < -0.4 is 33.2 Å². The first-order chi connectivity index (χ1) is 14.8. The fourth-order valence-electron chi connectivity index (χ4n) is 2.47. The molecule has 0 aromatic rings. The van der Waals surface area contributed by atoms with Crippen LogP contribution in [0.3, 0.4) is 0 Å². The lowest BCUT2D eigenvalue weighted by Crippen LogP contribution is -2.59. The SMILES string of the molecule is CCC(C)C(N)C(=O)NC(CO)C(=O)NC(CC(N)=O)C(=O)NC(CCC(N)=O)C(=O)O. The van der Waals surface area contributed by atoms with Crippen LogP contribution in [0.4, 0.5) is 0 Å². The lowest BCUT2D eigenvalue weighted by atomic mass is 9.99. The maximum absolute atomic E-state index is 12.5. The van der Waals surface area contributed by atoms with E-state index < -0.39 is 72.7 Å². The predicted octanol–water partition coefficient (Wildman–Crippen LogP) is -3.97. The minimum Gasteiger partial charge on any atom is -0.480 e. The molecule has 5 atom stereocenters. The predicted molar refractivity (Wildman–Crippen MR) is 110 cm³/mol. The fraction of sp³-hybridized carbons (Fsp3) is 0.667. The van der Waals surface area contributed by atoms with E-state index in [1.54, 1.807) is 6.92 Å². The number of aliphatic hydroxyl groups is 1. The van der Waals surface area contributed by atoms with Crippen molar-refractivity contribution in [2.24, 2.45) is 23.1 Å². The zero-order valence-corrected chi connectivity index (χ0v) is 18.0. The van der Waals surface area contributed by atoms with Crippen molar-refractivity contribution in [3.8, 4) is 0 Å². The average Bonchev–Trinajstić information content (AvgIpc) is 2.71. The molecule has 0 fully saturated rings. The summed E-state index contributed by atoms with van der Waals surface area (Å²) in [6, 6.07) is -5.58. The minimum absolute atomic E-state index is 0.209. The third-order valence-electron chi connectivity index (χ3n) is 4.71. The van der Waals surface area contributed by atoms with Crippen molar-refractivity contribution in [3.05, 3.63) is 0 Å². The molecular weight excluding hydrogens is 428 g/mol. The van der Waals surface area contributed by atoms with Crippen LogP contribution in [-0.2, 0) is 28.8 Å². The van der Waals surface area contributed by atoms with E-state index in [0.717, 1.165) is 0 Å². The Hall–Kier alpha value is -3.26. The molecule has 0 spiro atoms. The van der Waals surface area contributed by atoms with Crippen LogP contribution in [0, 0.1) is 5.92 Å². The monoisotopic (exact) mass is 460 g/mol. The summed E-state index contributed by atoms with van der Waals surface area (Å²) in [6.45, 7) is 2.70. The normalized spacial score (nSPS) is 15.4. The lowest BCUT2D eigenvalue weighted by Gasteiger charge is -2.24. The van der Waals surface area contributed by atoms with Gasteiger partial charge >= 0.3 is 5.97 Å². The Morgan fingerprint density at radius 2 is 1.34 bits per heavy atom. The smallest absolute Gasteiger partial charge is 0.326 e. The van der Waals surface area contributed by atoms with Crippen LogP contribution in [0.25, 0.3) is 0 Å². The standard InChI is InChI=1S/C18H32N6O8/c1-3-8(2)14(21)17(30)24-11(7-25)16(29)23-10(6-13(20)27)15(28)22-9(18(31)32)4-5-12(19)26/h8-11,14,25H,3-7,21H2,1-2H3,(H2,19,26)(H2,20,27)(H,22,28)(H,23,29)(H,24,30)(H,31,32). The number of amides is 5. The molecule has 0 aromatic heterocycles. The minimum atomic E-state index is -1.61. The van der Waals surface area contributed by atoms with Gasteiger partial charge < -0.3 is 43.4 Å². The first kappa shape index (κ1) is 28.7. The molecule has 0 saturated heterocycles. The van der Waals surface area contributed by atoms with Crippen molar-refractivity contribution in [2.75, 3.05) is 6.61 Å². The molecule has 5 unspecified atom stereocenters. The Labute approximate surface area is 184 Å². The molecule has 5 amide bonds. The number of nitrogens with two attached hydrogens (primary N) is 3. The van der Waals surface area contributed by atoms with Gasteiger partial charge in [-0.15, -0.1) is 0 Å².